The van der Waals surface area contributed by atoms with Crippen LogP contribution in [0.1, 0.15) is 171 Å². The number of aliphatic hydroxyl groups excluding tert-OH is 1. The Balaban J connectivity index is 0.000000257. The van der Waals surface area contributed by atoms with Crippen LogP contribution in [0.2, 0.25) is 5.02 Å². The molecule has 3 N–H and O–H groups in total. The lowest BCUT2D eigenvalue weighted by Crippen LogP contribution is -2.80. The number of halogens is 7. The van der Waals surface area contributed by atoms with Gasteiger partial charge in [0.1, 0.15) is 12.2 Å². The molecule has 0 radical (unpaired) electrons. The van der Waals surface area contributed by atoms with Gasteiger partial charge in [-0.25, -0.2) is 36.4 Å². The number of ether oxygens (including phenoxy) is 2. The molecule has 0 unspecified atom stereocenters. The minimum Gasteiger partial charge on any atom is -0.741 e. The van der Waals surface area contributed by atoms with Crippen LogP contribution in [0.5, 0.6) is 0 Å². The summed E-state index contributed by atoms with van der Waals surface area (Å²) in [4.78, 5) is 41.1. The number of aliphatic hydroxyl groups is 1. The molecule has 0 heterocycles. The molecular weight excluding hydrogens is 1490 g/mol. The van der Waals surface area contributed by atoms with Gasteiger partial charge in [0.2, 0.25) is 11.4 Å². The minimum atomic E-state index is -6.09. The average molecular weight is 1600 g/mol. The zero-order valence-electron chi connectivity index (χ0n) is 64.5. The van der Waals surface area contributed by atoms with Crippen LogP contribution in [0.15, 0.2) is 182 Å². The van der Waals surface area contributed by atoms with E-state index in [0.717, 1.165) is 193 Å². The second-order valence-electron chi connectivity index (χ2n) is 27.0. The number of rotatable bonds is 23. The fourth-order valence-electron chi connectivity index (χ4n) is 13.9. The van der Waals surface area contributed by atoms with Crippen molar-refractivity contribution in [3.63, 3.8) is 0 Å². The fraction of sp³-hybridized carbons (Fsp3) is 0.388. The van der Waals surface area contributed by atoms with Crippen molar-refractivity contribution in [1.82, 2.24) is 0 Å². The van der Waals surface area contributed by atoms with Gasteiger partial charge in [0, 0.05) is 130 Å². The van der Waals surface area contributed by atoms with E-state index in [1.165, 1.54) is 22.5 Å². The van der Waals surface area contributed by atoms with Gasteiger partial charge in [-0.1, -0.05) is 97.6 Å². The number of alkyl halides is 6. The van der Waals surface area contributed by atoms with Crippen LogP contribution >= 0.6 is 11.6 Å². The van der Waals surface area contributed by atoms with E-state index < -0.39 is 31.3 Å². The van der Waals surface area contributed by atoms with Gasteiger partial charge in [-0.2, -0.15) is 26.3 Å². The Bertz CT molecular complexity index is 4620. The molecule has 6 aromatic rings. The first kappa shape index (κ1) is 89.1. The highest BCUT2D eigenvalue weighted by atomic mass is 35.5. The summed E-state index contributed by atoms with van der Waals surface area (Å²) in [6.45, 7) is 35.7. The number of benzene rings is 6. The highest BCUT2D eigenvalue weighted by molar-refractivity contribution is 7.86. The monoisotopic (exact) mass is 1590 g/mol. The van der Waals surface area contributed by atoms with Crippen LogP contribution in [-0.2, 0) is 45.9 Å². The number of allylic oxidation sites excluding steroid dienone is 6. The maximum Gasteiger partial charge on any atom is 0.485 e. The van der Waals surface area contributed by atoms with Crippen molar-refractivity contribution in [1.29, 1.82) is 0 Å². The molecule has 0 bridgehead atoms. The predicted octanol–water partition coefficient (Wildman–Crippen LogP) is 14.7. The molecule has 0 amide bonds. The molecule has 0 aliphatic heterocycles. The number of hydrogen-bond donors (Lipinski definition) is 3. The Hall–Kier alpha value is -9.11. The van der Waals surface area contributed by atoms with Crippen LogP contribution < -0.4 is 29.6 Å². The van der Waals surface area contributed by atoms with Gasteiger partial charge in [-0.3, -0.25) is 0 Å². The number of carbonyl (C=O) groups is 2. The lowest BCUT2D eigenvalue weighted by atomic mass is 9.82. The van der Waals surface area contributed by atoms with Gasteiger partial charge in [0.05, 0.1) is 22.8 Å². The smallest absolute Gasteiger partial charge is 0.485 e. The highest BCUT2D eigenvalue weighted by Crippen LogP contribution is 2.43. The van der Waals surface area contributed by atoms with E-state index in [-0.39, 0.29) is 30.8 Å². The minimum absolute atomic E-state index is 0.0421. The average Bonchev–Trinajstić information content (AvgIpc) is 0.764. The summed E-state index contributed by atoms with van der Waals surface area (Å²) in [6.07, 6.45) is 15.9. The quantitative estimate of drug-likeness (QED) is 0.0178. The van der Waals surface area contributed by atoms with E-state index in [4.69, 9.17) is 47.0 Å². The Kier molecular flexibility index (Phi) is 32.4. The molecule has 0 aromatic heterocycles. The van der Waals surface area contributed by atoms with Gasteiger partial charge in [-0.15, -0.1) is 0 Å². The molecular formula is C85H101ClF6N6O11S2. The Morgan fingerprint density at radius 1 is 0.468 bits per heavy atom. The third-order valence-corrected chi connectivity index (χ3v) is 21.3. The maximum absolute atomic E-state index is 12.1. The van der Waals surface area contributed by atoms with Gasteiger partial charge in [-0.05, 0) is 223 Å². The molecule has 4 aliphatic rings. The molecule has 0 atom stereocenters. The maximum atomic E-state index is 12.1. The Morgan fingerprint density at radius 3 is 1.07 bits per heavy atom. The molecule has 0 spiro atoms. The number of esters is 2. The normalized spacial score (nSPS) is 18.4. The van der Waals surface area contributed by atoms with E-state index in [2.05, 4.69) is 256 Å². The highest BCUT2D eigenvalue weighted by Gasteiger charge is 2.38. The summed E-state index contributed by atoms with van der Waals surface area (Å²) in [5, 5.41) is 11.5. The summed E-state index contributed by atoms with van der Waals surface area (Å²) in [7, 11) is -12.2. The van der Waals surface area contributed by atoms with Crippen molar-refractivity contribution in [2.75, 3.05) is 72.0 Å². The second-order valence-corrected chi connectivity index (χ2v) is 30.2. The molecule has 2 saturated carbocycles. The van der Waals surface area contributed by atoms with Crippen molar-refractivity contribution in [3.05, 3.63) is 237 Å². The van der Waals surface area contributed by atoms with Crippen LogP contribution in [0, 0.1) is 0 Å². The third-order valence-electron chi connectivity index (χ3n) is 19.8. The lowest BCUT2D eigenvalue weighted by molar-refractivity contribution is -0.507. The summed E-state index contributed by atoms with van der Waals surface area (Å²) >= 11 is 7.18. The van der Waals surface area contributed by atoms with E-state index in [9.17, 15) is 41.0 Å². The zero-order chi connectivity index (χ0) is 81.7. The zero-order valence-corrected chi connectivity index (χ0v) is 66.9. The van der Waals surface area contributed by atoms with Crippen LogP contribution in [0.4, 0.5) is 49.1 Å². The van der Waals surface area contributed by atoms with Crippen LogP contribution in [0.3, 0.4) is 0 Å². The first-order valence-corrected chi connectivity index (χ1v) is 40.6. The number of fused-ring (bicyclic) bond motifs is 2. The first-order chi connectivity index (χ1) is 52.6. The Labute approximate surface area is 654 Å². The number of carbonyl (C=O) groups excluding carboxylic acids is 2. The number of nitrogens with zero attached hydrogens (tertiary/aromatic N) is 4. The lowest BCUT2D eigenvalue weighted by Gasteiger charge is -2.26. The molecule has 6 aromatic carbocycles. The summed E-state index contributed by atoms with van der Waals surface area (Å²) in [5.41, 5.74) is 10.9. The van der Waals surface area contributed by atoms with Crippen molar-refractivity contribution in [3.8, 4) is 0 Å². The van der Waals surface area contributed by atoms with E-state index in [0.29, 0.717) is 23.2 Å². The fourth-order valence-corrected chi connectivity index (χ4v) is 14.1. The van der Waals surface area contributed by atoms with E-state index in [1.54, 1.807) is 13.8 Å². The molecule has 111 heavy (non-hydrogen) atoms. The number of anilines is 4. The first-order valence-electron chi connectivity index (χ1n) is 37.4. The summed E-state index contributed by atoms with van der Waals surface area (Å²) in [5.74, 6) is -0.588. The standard InChI is InChI=1S/C42H51N3O3.C41H48ClN3O2.2CHF3O3S/c1-7-44(8-2)33-19-15-30(16-20-33)41(36-24-21-34(27-31(36)28-46)45(9-3)10-4)39-25-26-40(38-14-12-11-13-37(38)39)43-32-17-22-35(23-18-32)48-42(47)29(5)6;1-7-44(8-2)31-19-15-29(16-20-31)40(37-24-21-32(27-38(37)42)45(9-3)10-4)36-25-26-39(35-14-12-11-13-34(35)36)43-30-17-22-33(23-18-30)47-41(46)28(5)6;2*2-1(3,4)8(5,6)7/h11-16,19-21,24-27,32,35,46H,5,7-10,17-18,22-23,28H2,1-4,6H3;11-16,19-21,24-27,30,33H,5,7-10,17-18,22-23H2,1-4,6H3;2*(H,5,6,7). The molecule has 2 fully saturated rings. The van der Waals surface area contributed by atoms with Gasteiger partial charge in [0.25, 0.3) is 0 Å². The van der Waals surface area contributed by atoms with E-state index >= 15 is 0 Å². The van der Waals surface area contributed by atoms with Gasteiger partial charge in [0.15, 0.2) is 32.3 Å². The van der Waals surface area contributed by atoms with Crippen molar-refractivity contribution in [2.45, 2.75) is 163 Å². The number of nitrogens with one attached hydrogen (secondary N) is 2. The molecule has 0 saturated heterocycles. The van der Waals surface area contributed by atoms with Crippen molar-refractivity contribution >= 4 is 100 Å². The largest absolute Gasteiger partial charge is 0.741 e. The molecule has 598 valence electrons. The third kappa shape index (κ3) is 23.5. The summed E-state index contributed by atoms with van der Waals surface area (Å²) in [6, 6.07) is 48.7. The van der Waals surface area contributed by atoms with E-state index in [1.807, 2.05) is 0 Å². The van der Waals surface area contributed by atoms with Crippen molar-refractivity contribution < 1.29 is 86.4 Å². The molecule has 26 heteroatoms. The van der Waals surface area contributed by atoms with Gasteiger partial charge >= 0.3 is 23.0 Å². The topological polar surface area (TPSA) is 228 Å². The molecule has 4 aliphatic carbocycles. The summed E-state index contributed by atoms with van der Waals surface area (Å²) < 4.78 is 129. The predicted molar refractivity (Wildman–Crippen MR) is 429 cm³/mol. The number of hydrogen-bond acceptors (Lipinski definition) is 15. The van der Waals surface area contributed by atoms with Gasteiger partial charge < -0.3 is 43.3 Å². The van der Waals surface area contributed by atoms with Crippen LogP contribution in [0.25, 0.3) is 22.3 Å². The second kappa shape index (κ2) is 40.4. The Morgan fingerprint density at radius 2 is 0.766 bits per heavy atom. The molecule has 10 rings (SSSR count). The van der Waals surface area contributed by atoms with Crippen molar-refractivity contribution in [2.24, 2.45) is 0 Å². The SMILES string of the molecule is C=C(C)C(=O)OC1CCC([NH+]=C2C=CC(=C(c3ccc(N(CC)CC)cc3)c3ccc(N(CC)CC)cc3CO)c3ccccc32)CC1.C=C(C)C(=O)OC1CCC([NH+]=C2C=CC(=C(c3ccc(N(CC)CC)cc3)c3ccc(N(CC)CC)cc3Cl)c3ccccc32)CC1.O=S(=O)([O-])C(F)(F)F.O=S(=O)([O-])C(F)(F)F. The molecule has 17 nitrogen and oxygen atoms in total. The van der Waals surface area contributed by atoms with Crippen LogP contribution in [-0.4, -0.2) is 142 Å².